The number of hydrogen-bond acceptors (Lipinski definition) is 4. The SMILES string of the molecule is Cc1n[nH]c(C)c1CN1CC(C(=O)O)C2(CCN(C(=O)C3CCCC3)CC2)C1. The van der Waals surface area contributed by atoms with E-state index >= 15 is 0 Å². The van der Waals surface area contributed by atoms with Crippen molar-refractivity contribution < 1.29 is 14.7 Å². The van der Waals surface area contributed by atoms with Crippen LogP contribution >= 0.6 is 0 Å². The average molecular weight is 389 g/mol. The number of aromatic amines is 1. The molecule has 1 unspecified atom stereocenters. The number of carbonyl (C=O) groups excluding carboxylic acids is 1. The number of hydrogen-bond donors (Lipinski definition) is 2. The molecular weight excluding hydrogens is 356 g/mol. The van der Waals surface area contributed by atoms with E-state index in [4.69, 9.17) is 0 Å². The molecule has 3 aliphatic rings. The Morgan fingerprint density at radius 1 is 1.21 bits per heavy atom. The second-order valence-corrected chi connectivity index (χ2v) is 9.14. The van der Waals surface area contributed by atoms with Gasteiger partial charge in [-0.05, 0) is 39.5 Å². The highest BCUT2D eigenvalue weighted by Gasteiger charge is 2.52. The van der Waals surface area contributed by atoms with E-state index in [1.165, 1.54) is 5.56 Å². The maximum atomic E-state index is 12.8. The minimum Gasteiger partial charge on any atom is -0.481 e. The summed E-state index contributed by atoms with van der Waals surface area (Å²) in [6.07, 6.45) is 5.96. The number of aryl methyl sites for hydroxylation is 2. The number of aliphatic carboxylic acids is 1. The van der Waals surface area contributed by atoms with E-state index in [1.807, 2.05) is 18.7 Å². The fourth-order valence-corrected chi connectivity index (χ4v) is 5.67. The zero-order chi connectivity index (χ0) is 19.9. The second-order valence-electron chi connectivity index (χ2n) is 9.14. The Labute approximate surface area is 166 Å². The predicted octanol–water partition coefficient (Wildman–Crippen LogP) is 2.34. The van der Waals surface area contributed by atoms with E-state index in [-0.39, 0.29) is 17.3 Å². The summed E-state index contributed by atoms with van der Waals surface area (Å²) < 4.78 is 0. The molecule has 7 heteroatoms. The molecule has 7 nitrogen and oxygen atoms in total. The first-order chi connectivity index (χ1) is 13.4. The number of H-pyrrole nitrogens is 1. The van der Waals surface area contributed by atoms with Gasteiger partial charge in [0.05, 0.1) is 11.6 Å². The number of carboxylic acid groups (broad SMARTS) is 1. The van der Waals surface area contributed by atoms with Crippen molar-refractivity contribution in [2.24, 2.45) is 17.3 Å². The van der Waals surface area contributed by atoms with Gasteiger partial charge in [0.15, 0.2) is 0 Å². The molecule has 154 valence electrons. The number of carbonyl (C=O) groups is 2. The fraction of sp³-hybridized carbons (Fsp3) is 0.762. The quantitative estimate of drug-likeness (QED) is 0.826. The van der Waals surface area contributed by atoms with Crippen molar-refractivity contribution in [3.63, 3.8) is 0 Å². The van der Waals surface area contributed by atoms with Crippen LogP contribution in [0.5, 0.6) is 0 Å². The molecule has 1 aromatic heterocycles. The highest BCUT2D eigenvalue weighted by Crippen LogP contribution is 2.46. The van der Waals surface area contributed by atoms with Gasteiger partial charge in [-0.1, -0.05) is 12.8 Å². The lowest BCUT2D eigenvalue weighted by molar-refractivity contribution is -0.147. The highest BCUT2D eigenvalue weighted by molar-refractivity contribution is 5.79. The second kappa shape index (κ2) is 7.50. The fourth-order valence-electron chi connectivity index (χ4n) is 5.67. The van der Waals surface area contributed by atoms with Gasteiger partial charge in [0.25, 0.3) is 0 Å². The van der Waals surface area contributed by atoms with Crippen molar-refractivity contribution in [3.05, 3.63) is 17.0 Å². The van der Waals surface area contributed by atoms with Crippen molar-refractivity contribution in [2.75, 3.05) is 26.2 Å². The van der Waals surface area contributed by atoms with E-state index in [1.54, 1.807) is 0 Å². The lowest BCUT2D eigenvalue weighted by Crippen LogP contribution is -2.49. The molecule has 2 saturated heterocycles. The summed E-state index contributed by atoms with van der Waals surface area (Å²) in [4.78, 5) is 29.1. The van der Waals surface area contributed by atoms with Crippen LogP contribution in [0, 0.1) is 31.1 Å². The third-order valence-electron chi connectivity index (χ3n) is 7.45. The first kappa shape index (κ1) is 19.4. The van der Waals surface area contributed by atoms with Gasteiger partial charge in [-0.3, -0.25) is 19.6 Å². The number of amides is 1. The summed E-state index contributed by atoms with van der Waals surface area (Å²) in [7, 11) is 0. The first-order valence-corrected chi connectivity index (χ1v) is 10.6. The van der Waals surface area contributed by atoms with Crippen molar-refractivity contribution in [1.82, 2.24) is 20.0 Å². The van der Waals surface area contributed by atoms with Crippen LogP contribution in [0.3, 0.4) is 0 Å². The van der Waals surface area contributed by atoms with Crippen LogP contribution in [-0.4, -0.2) is 63.2 Å². The van der Waals surface area contributed by atoms with Crippen molar-refractivity contribution in [1.29, 1.82) is 0 Å². The van der Waals surface area contributed by atoms with Gasteiger partial charge in [0.2, 0.25) is 5.91 Å². The molecule has 1 saturated carbocycles. The zero-order valence-corrected chi connectivity index (χ0v) is 17.0. The Hall–Kier alpha value is -1.89. The maximum Gasteiger partial charge on any atom is 0.308 e. The topological polar surface area (TPSA) is 89.5 Å². The third-order valence-corrected chi connectivity index (χ3v) is 7.45. The van der Waals surface area contributed by atoms with E-state index in [2.05, 4.69) is 15.1 Å². The first-order valence-electron chi connectivity index (χ1n) is 10.6. The number of carboxylic acids is 1. The smallest absolute Gasteiger partial charge is 0.308 e. The van der Waals surface area contributed by atoms with Gasteiger partial charge in [-0.25, -0.2) is 0 Å². The standard InChI is InChI=1S/C21H32N4O3/c1-14-17(15(2)23-22-14)11-24-12-18(20(27)28)21(13-24)7-9-25(10-8-21)19(26)16-5-3-4-6-16/h16,18H,3-13H2,1-2H3,(H,22,23)(H,27,28). The Balaban J connectivity index is 1.44. The van der Waals surface area contributed by atoms with Gasteiger partial charge >= 0.3 is 5.97 Å². The molecule has 1 spiro atoms. The molecule has 1 aromatic rings. The van der Waals surface area contributed by atoms with Gasteiger partial charge < -0.3 is 10.0 Å². The number of rotatable bonds is 4. The molecule has 1 amide bonds. The van der Waals surface area contributed by atoms with Crippen molar-refractivity contribution >= 4 is 11.9 Å². The lowest BCUT2D eigenvalue weighted by atomic mass is 9.70. The summed E-state index contributed by atoms with van der Waals surface area (Å²) in [5.74, 6) is -0.544. The molecule has 4 rings (SSSR count). The number of nitrogens with one attached hydrogen (secondary N) is 1. The number of aromatic nitrogens is 2. The molecular formula is C21H32N4O3. The molecule has 3 heterocycles. The Bertz CT molecular complexity index is 725. The molecule has 2 N–H and O–H groups in total. The molecule has 0 aromatic carbocycles. The summed E-state index contributed by atoms with van der Waals surface area (Å²) in [6.45, 7) is 7.53. The monoisotopic (exact) mass is 388 g/mol. The molecule has 3 fully saturated rings. The van der Waals surface area contributed by atoms with Gasteiger partial charge in [0, 0.05) is 55.3 Å². The summed E-state index contributed by atoms with van der Waals surface area (Å²) in [6, 6.07) is 0. The van der Waals surface area contributed by atoms with E-state index < -0.39 is 5.97 Å². The van der Waals surface area contributed by atoms with Crippen molar-refractivity contribution in [2.45, 2.75) is 58.9 Å². The van der Waals surface area contributed by atoms with E-state index in [0.717, 1.165) is 63.0 Å². The minimum absolute atomic E-state index is 0.205. The van der Waals surface area contributed by atoms with Gasteiger partial charge in [-0.2, -0.15) is 5.10 Å². The van der Waals surface area contributed by atoms with Crippen molar-refractivity contribution in [3.8, 4) is 0 Å². The molecule has 28 heavy (non-hydrogen) atoms. The van der Waals surface area contributed by atoms with E-state index in [9.17, 15) is 14.7 Å². The lowest BCUT2D eigenvalue weighted by Gasteiger charge is -2.42. The maximum absolute atomic E-state index is 12.8. The largest absolute Gasteiger partial charge is 0.481 e. The van der Waals surface area contributed by atoms with Crippen LogP contribution in [0.2, 0.25) is 0 Å². The molecule has 1 aliphatic carbocycles. The summed E-state index contributed by atoms with van der Waals surface area (Å²) >= 11 is 0. The molecule has 1 atom stereocenters. The Morgan fingerprint density at radius 3 is 2.46 bits per heavy atom. The number of nitrogens with zero attached hydrogens (tertiary/aromatic N) is 3. The van der Waals surface area contributed by atoms with Crippen LogP contribution in [0.4, 0.5) is 0 Å². The zero-order valence-electron chi connectivity index (χ0n) is 17.0. The molecule has 0 radical (unpaired) electrons. The van der Waals surface area contributed by atoms with Crippen LogP contribution in [-0.2, 0) is 16.1 Å². The van der Waals surface area contributed by atoms with E-state index in [0.29, 0.717) is 25.5 Å². The molecule has 2 aliphatic heterocycles. The van der Waals surface area contributed by atoms with Gasteiger partial charge in [0.1, 0.15) is 0 Å². The third kappa shape index (κ3) is 3.45. The van der Waals surface area contributed by atoms with Gasteiger partial charge in [-0.15, -0.1) is 0 Å². The minimum atomic E-state index is -0.696. The predicted molar refractivity (Wildman–Crippen MR) is 105 cm³/mol. The normalized spacial score (nSPS) is 25.6. The summed E-state index contributed by atoms with van der Waals surface area (Å²) in [5, 5.41) is 17.2. The van der Waals surface area contributed by atoms with Crippen LogP contribution in [0.15, 0.2) is 0 Å². The number of piperidine rings is 1. The van der Waals surface area contributed by atoms with Crippen LogP contribution < -0.4 is 0 Å². The number of likely N-dealkylation sites (tertiary alicyclic amines) is 2. The Kier molecular flexibility index (Phi) is 5.21. The highest BCUT2D eigenvalue weighted by atomic mass is 16.4. The van der Waals surface area contributed by atoms with Crippen LogP contribution in [0.1, 0.15) is 55.5 Å². The van der Waals surface area contributed by atoms with Crippen LogP contribution in [0.25, 0.3) is 0 Å². The summed E-state index contributed by atoms with van der Waals surface area (Å²) in [5.41, 5.74) is 3.00. The average Bonchev–Trinajstić information content (AvgIpc) is 3.39. The Morgan fingerprint density at radius 2 is 1.89 bits per heavy atom. The molecule has 0 bridgehead atoms.